The number of rotatable bonds is 5. The number of nitrogens with zero attached hydrogens (tertiary/aromatic N) is 1. The van der Waals surface area contributed by atoms with Crippen LogP contribution in [0.2, 0.25) is 5.02 Å². The minimum Gasteiger partial charge on any atom is -0.478 e. The van der Waals surface area contributed by atoms with Gasteiger partial charge in [0.2, 0.25) is 0 Å². The van der Waals surface area contributed by atoms with Gasteiger partial charge in [0.05, 0.1) is 16.5 Å². The summed E-state index contributed by atoms with van der Waals surface area (Å²) in [6.45, 7) is 7.76. The van der Waals surface area contributed by atoms with Crippen molar-refractivity contribution in [3.05, 3.63) is 22.0 Å². The van der Waals surface area contributed by atoms with Crippen LogP contribution in [-0.2, 0) is 27.3 Å². The van der Waals surface area contributed by atoms with Gasteiger partial charge >= 0.3 is 11.9 Å². The maximum Gasteiger partial charge on any atom is 0.339 e. The molecule has 8 nitrogen and oxygen atoms in total. The predicted molar refractivity (Wildman–Crippen MR) is 113 cm³/mol. The first kappa shape index (κ1) is 23.3. The molecule has 1 saturated carbocycles. The Kier molecular flexibility index (Phi) is 6.24. The molecule has 1 amide bonds. The van der Waals surface area contributed by atoms with E-state index in [0.717, 1.165) is 0 Å². The normalized spacial score (nSPS) is 23.2. The summed E-state index contributed by atoms with van der Waals surface area (Å²) in [5.41, 5.74) is -0.870. The van der Waals surface area contributed by atoms with E-state index in [1.165, 1.54) is 0 Å². The van der Waals surface area contributed by atoms with Crippen molar-refractivity contribution in [1.29, 1.82) is 0 Å². The molecule has 0 saturated heterocycles. The Bertz CT molecular complexity index is 935. The minimum atomic E-state index is -1.21. The largest absolute Gasteiger partial charge is 0.478 e. The van der Waals surface area contributed by atoms with E-state index in [2.05, 4.69) is 5.32 Å². The number of ether oxygens (including phenoxy) is 1. The van der Waals surface area contributed by atoms with Crippen molar-refractivity contribution >= 4 is 35.2 Å². The van der Waals surface area contributed by atoms with E-state index < -0.39 is 28.8 Å². The number of nitrogens with one attached hydrogen (secondary N) is 1. The second kappa shape index (κ2) is 8.30. The highest BCUT2D eigenvalue weighted by Gasteiger charge is 2.40. The molecule has 0 unspecified atom stereocenters. The van der Waals surface area contributed by atoms with Gasteiger partial charge in [-0.05, 0) is 66.2 Å². The van der Waals surface area contributed by atoms with Gasteiger partial charge in [-0.25, -0.2) is 4.79 Å². The lowest BCUT2D eigenvalue weighted by Gasteiger charge is -2.37. The van der Waals surface area contributed by atoms with Crippen molar-refractivity contribution in [3.63, 3.8) is 0 Å². The third kappa shape index (κ3) is 4.79. The number of hydrogen-bond acceptors (Lipinski definition) is 5. The number of hydrogen-bond donors (Lipinski definition) is 2. The Balaban J connectivity index is 1.69. The van der Waals surface area contributed by atoms with Crippen molar-refractivity contribution in [2.75, 3.05) is 0 Å². The summed E-state index contributed by atoms with van der Waals surface area (Å²) in [5.74, 6) is -3.34. The fourth-order valence-electron chi connectivity index (χ4n) is 4.42. The molecule has 170 valence electrons. The molecule has 1 aliphatic carbocycles. The van der Waals surface area contributed by atoms with Gasteiger partial charge in [-0.3, -0.25) is 14.4 Å². The summed E-state index contributed by atoms with van der Waals surface area (Å²) in [7, 11) is 0. The van der Waals surface area contributed by atoms with Crippen molar-refractivity contribution in [1.82, 2.24) is 9.88 Å². The SMILES string of the molecule is CC1(NC(=O)C(=O)c2c(Cl)c(C(=O)O)c3n2CCC3)CCC(C(=O)OC(C)(C)C)CC1. The van der Waals surface area contributed by atoms with E-state index in [1.54, 1.807) is 4.57 Å². The van der Waals surface area contributed by atoms with Crippen LogP contribution >= 0.6 is 11.6 Å². The number of carbonyl (C=O) groups excluding carboxylic acids is 3. The van der Waals surface area contributed by atoms with Crippen molar-refractivity contribution in [3.8, 4) is 0 Å². The maximum absolute atomic E-state index is 12.9. The quantitative estimate of drug-likeness (QED) is 0.402. The van der Waals surface area contributed by atoms with Gasteiger partial charge in [-0.1, -0.05) is 11.6 Å². The number of aromatic carboxylic acids is 1. The zero-order valence-corrected chi connectivity index (χ0v) is 19.1. The number of aromatic nitrogens is 1. The van der Waals surface area contributed by atoms with Crippen LogP contribution in [0.15, 0.2) is 0 Å². The molecule has 0 aromatic carbocycles. The topological polar surface area (TPSA) is 115 Å². The number of esters is 1. The molecule has 31 heavy (non-hydrogen) atoms. The minimum absolute atomic E-state index is 0.0601. The zero-order valence-electron chi connectivity index (χ0n) is 18.3. The fraction of sp³-hybridized carbons (Fsp3) is 0.636. The second-order valence-corrected chi connectivity index (χ2v) is 10.1. The van der Waals surface area contributed by atoms with Crippen LogP contribution in [0.3, 0.4) is 0 Å². The molecule has 0 atom stereocenters. The molecule has 0 spiro atoms. The first-order valence-electron chi connectivity index (χ1n) is 10.6. The summed E-state index contributed by atoms with van der Waals surface area (Å²) in [4.78, 5) is 49.6. The molecule has 0 bridgehead atoms. The van der Waals surface area contributed by atoms with E-state index in [0.29, 0.717) is 50.8 Å². The highest BCUT2D eigenvalue weighted by Crippen LogP contribution is 2.35. The molecule has 2 heterocycles. The van der Waals surface area contributed by atoms with Gasteiger partial charge in [0, 0.05) is 17.8 Å². The first-order valence-corrected chi connectivity index (χ1v) is 10.9. The molecule has 9 heteroatoms. The second-order valence-electron chi connectivity index (χ2n) is 9.70. The van der Waals surface area contributed by atoms with Gasteiger partial charge < -0.3 is 19.7 Å². The highest BCUT2D eigenvalue weighted by atomic mass is 35.5. The van der Waals surface area contributed by atoms with E-state index in [9.17, 15) is 24.3 Å². The summed E-state index contributed by atoms with van der Waals surface area (Å²) < 4.78 is 7.01. The summed E-state index contributed by atoms with van der Waals surface area (Å²) in [6, 6.07) is 0. The third-order valence-corrected chi connectivity index (χ3v) is 6.35. The van der Waals surface area contributed by atoms with Gasteiger partial charge in [-0.2, -0.15) is 0 Å². The average molecular weight is 453 g/mol. The number of ketones is 1. The standard InChI is InChI=1S/C22H29ClN2O6/c1-21(2,3)31-20(30)12-7-9-22(4,10-8-12)24-18(27)17(26)16-15(23)14(19(28)29)13-6-5-11-25(13)16/h12H,5-11H2,1-4H3,(H,24,27)(H,28,29). The van der Waals surface area contributed by atoms with Gasteiger partial charge in [0.25, 0.3) is 11.7 Å². The van der Waals surface area contributed by atoms with Crippen LogP contribution in [0.25, 0.3) is 0 Å². The number of Topliss-reactive ketones (excluding diaryl/α,β-unsaturated/α-hetero) is 1. The summed E-state index contributed by atoms with van der Waals surface area (Å²) in [5, 5.41) is 12.1. The van der Waals surface area contributed by atoms with Crippen LogP contribution < -0.4 is 5.32 Å². The van der Waals surface area contributed by atoms with Gasteiger partial charge in [-0.15, -0.1) is 0 Å². The Hall–Kier alpha value is -2.35. The van der Waals surface area contributed by atoms with Crippen molar-refractivity contribution < 1.29 is 29.0 Å². The van der Waals surface area contributed by atoms with E-state index in [4.69, 9.17) is 16.3 Å². The molecule has 1 aromatic heterocycles. The Morgan fingerprint density at radius 1 is 1.19 bits per heavy atom. The predicted octanol–water partition coefficient (Wildman–Crippen LogP) is 3.38. The number of carboxylic acids is 1. The zero-order chi connectivity index (χ0) is 23.1. The number of carboxylic acid groups (broad SMARTS) is 1. The van der Waals surface area contributed by atoms with E-state index >= 15 is 0 Å². The number of amides is 1. The summed E-state index contributed by atoms with van der Waals surface area (Å²) in [6.07, 6.45) is 3.33. The monoisotopic (exact) mass is 452 g/mol. The number of carbonyl (C=O) groups is 4. The van der Waals surface area contributed by atoms with Crippen LogP contribution in [0, 0.1) is 5.92 Å². The molecule has 2 N–H and O–H groups in total. The highest BCUT2D eigenvalue weighted by molar-refractivity contribution is 6.47. The third-order valence-electron chi connectivity index (χ3n) is 5.99. The van der Waals surface area contributed by atoms with E-state index in [1.807, 2.05) is 27.7 Å². The molecule has 3 rings (SSSR count). The Morgan fingerprint density at radius 3 is 2.35 bits per heavy atom. The molecule has 2 aliphatic rings. The maximum atomic E-state index is 12.9. The molecule has 1 fully saturated rings. The summed E-state index contributed by atoms with van der Waals surface area (Å²) >= 11 is 6.21. The number of fused-ring (bicyclic) bond motifs is 1. The van der Waals surface area contributed by atoms with Crippen LogP contribution in [0.1, 0.15) is 86.3 Å². The molecular weight excluding hydrogens is 424 g/mol. The molecule has 1 aliphatic heterocycles. The fourth-order valence-corrected chi connectivity index (χ4v) is 4.80. The molecule has 1 aromatic rings. The van der Waals surface area contributed by atoms with Gasteiger partial charge in [0.15, 0.2) is 0 Å². The van der Waals surface area contributed by atoms with Crippen LogP contribution in [0.4, 0.5) is 0 Å². The van der Waals surface area contributed by atoms with Crippen LogP contribution in [0.5, 0.6) is 0 Å². The van der Waals surface area contributed by atoms with Crippen molar-refractivity contribution in [2.24, 2.45) is 5.92 Å². The molecule has 0 radical (unpaired) electrons. The smallest absolute Gasteiger partial charge is 0.339 e. The first-order chi connectivity index (χ1) is 14.3. The lowest BCUT2D eigenvalue weighted by molar-refractivity contribution is -0.161. The Labute approximate surface area is 186 Å². The van der Waals surface area contributed by atoms with Crippen molar-refractivity contribution in [2.45, 2.75) is 83.9 Å². The lowest BCUT2D eigenvalue weighted by atomic mass is 9.77. The molecular formula is C22H29ClN2O6. The number of halogens is 1. The lowest BCUT2D eigenvalue weighted by Crippen LogP contribution is -2.51. The Morgan fingerprint density at radius 2 is 1.81 bits per heavy atom. The van der Waals surface area contributed by atoms with E-state index in [-0.39, 0.29) is 28.2 Å². The van der Waals surface area contributed by atoms with Gasteiger partial charge in [0.1, 0.15) is 11.3 Å². The van der Waals surface area contributed by atoms with Crippen LogP contribution in [-0.4, -0.2) is 44.4 Å². The average Bonchev–Trinajstić information content (AvgIpc) is 3.18.